The molecule has 0 spiro atoms. The van der Waals surface area contributed by atoms with Crippen LogP contribution in [-0.4, -0.2) is 28.0 Å². The quantitative estimate of drug-likeness (QED) is 0.621. The fraction of sp³-hybridized carbons (Fsp3) is 0.333. The number of esters is 1. The minimum absolute atomic E-state index is 0.0398. The van der Waals surface area contributed by atoms with E-state index in [1.807, 2.05) is 24.3 Å². The summed E-state index contributed by atoms with van der Waals surface area (Å²) in [7, 11) is 1.64. The van der Waals surface area contributed by atoms with Crippen LogP contribution >= 0.6 is 0 Å². The van der Waals surface area contributed by atoms with Gasteiger partial charge >= 0.3 is 5.97 Å². The minimum Gasteiger partial charge on any atom is -0.456 e. The molecule has 0 saturated heterocycles. The zero-order valence-corrected chi connectivity index (χ0v) is 17.5. The first-order valence-corrected chi connectivity index (χ1v) is 10.5. The molecule has 1 N–H and O–H groups in total. The van der Waals surface area contributed by atoms with Crippen LogP contribution in [0.5, 0.6) is 0 Å². The van der Waals surface area contributed by atoms with Gasteiger partial charge in [0.2, 0.25) is 0 Å². The maximum Gasteiger partial charge on any atom is 0.306 e. The monoisotopic (exact) mass is 419 g/mol. The molecule has 7 heteroatoms. The summed E-state index contributed by atoms with van der Waals surface area (Å²) < 4.78 is 6.59. The van der Waals surface area contributed by atoms with Crippen LogP contribution in [0.2, 0.25) is 0 Å². The molecular weight excluding hydrogens is 394 g/mol. The van der Waals surface area contributed by atoms with Crippen molar-refractivity contribution >= 4 is 22.8 Å². The van der Waals surface area contributed by atoms with E-state index in [1.54, 1.807) is 25.2 Å². The number of carbonyl (C=O) groups excluding carboxylic acids is 2. The van der Waals surface area contributed by atoms with E-state index in [1.165, 1.54) is 10.1 Å². The number of para-hydroxylation sites is 1. The zero-order valence-electron chi connectivity index (χ0n) is 17.5. The molecule has 160 valence electrons. The number of fused-ring (bicyclic) bond motifs is 2. The molecule has 0 bridgehead atoms. The average molecular weight is 419 g/mol. The number of benzene rings is 2. The number of rotatable bonds is 6. The van der Waals surface area contributed by atoms with E-state index in [-0.39, 0.29) is 37.0 Å². The Morgan fingerprint density at radius 2 is 1.94 bits per heavy atom. The van der Waals surface area contributed by atoms with Crippen molar-refractivity contribution in [1.82, 2.24) is 14.9 Å². The second-order valence-corrected chi connectivity index (χ2v) is 7.78. The Hall–Kier alpha value is -3.48. The van der Waals surface area contributed by atoms with Crippen LogP contribution in [-0.2, 0) is 34.2 Å². The first-order valence-electron chi connectivity index (χ1n) is 10.5. The summed E-state index contributed by atoms with van der Waals surface area (Å²) in [6.45, 7) is -0.318. The Labute approximate surface area is 180 Å². The average Bonchev–Trinajstić information content (AvgIpc) is 2.79. The molecule has 0 unspecified atom stereocenters. The summed E-state index contributed by atoms with van der Waals surface area (Å²) in [6.07, 6.45) is 3.20. The molecule has 31 heavy (non-hydrogen) atoms. The number of aromatic nitrogens is 2. The molecular formula is C24H25N3O4. The van der Waals surface area contributed by atoms with Gasteiger partial charge < -0.3 is 10.1 Å². The van der Waals surface area contributed by atoms with Gasteiger partial charge in [-0.05, 0) is 42.5 Å². The summed E-state index contributed by atoms with van der Waals surface area (Å²) >= 11 is 0. The lowest BCUT2D eigenvalue weighted by molar-refractivity contribution is -0.148. The van der Waals surface area contributed by atoms with Gasteiger partial charge in [0.05, 0.1) is 23.4 Å². The molecule has 1 aromatic heterocycles. The van der Waals surface area contributed by atoms with Gasteiger partial charge in [-0.1, -0.05) is 36.4 Å². The molecule has 4 rings (SSSR count). The zero-order chi connectivity index (χ0) is 21.8. The second kappa shape index (κ2) is 9.12. The number of nitrogens with one attached hydrogen (secondary N) is 1. The highest BCUT2D eigenvalue weighted by molar-refractivity contribution is 5.81. The lowest BCUT2D eigenvalue weighted by Gasteiger charge is -2.26. The Balaban J connectivity index is 1.30. The third-order valence-corrected chi connectivity index (χ3v) is 5.70. The number of carbonyl (C=O) groups is 2. The number of amides is 1. The van der Waals surface area contributed by atoms with E-state index in [9.17, 15) is 14.4 Å². The molecule has 1 amide bonds. The highest BCUT2D eigenvalue weighted by Crippen LogP contribution is 2.29. The summed E-state index contributed by atoms with van der Waals surface area (Å²) in [5.41, 5.74) is 2.84. The third kappa shape index (κ3) is 4.66. The fourth-order valence-electron chi connectivity index (χ4n) is 4.06. The van der Waals surface area contributed by atoms with Crippen LogP contribution in [0.25, 0.3) is 10.9 Å². The van der Waals surface area contributed by atoms with Crippen LogP contribution in [0.3, 0.4) is 0 Å². The van der Waals surface area contributed by atoms with Crippen molar-refractivity contribution in [2.45, 2.75) is 38.1 Å². The molecule has 1 aliphatic carbocycles. The number of nitrogens with zero attached hydrogens (tertiary/aromatic N) is 2. The van der Waals surface area contributed by atoms with Crippen molar-refractivity contribution < 1.29 is 14.3 Å². The van der Waals surface area contributed by atoms with Gasteiger partial charge in [-0.15, -0.1) is 0 Å². The predicted molar refractivity (Wildman–Crippen MR) is 117 cm³/mol. The van der Waals surface area contributed by atoms with Crippen LogP contribution in [0, 0.1) is 0 Å². The van der Waals surface area contributed by atoms with Gasteiger partial charge in [-0.3, -0.25) is 19.0 Å². The lowest BCUT2D eigenvalue weighted by Crippen LogP contribution is -2.34. The van der Waals surface area contributed by atoms with Crippen LogP contribution in [0.15, 0.2) is 53.3 Å². The van der Waals surface area contributed by atoms with Gasteiger partial charge in [-0.2, -0.15) is 0 Å². The standard InChI is InChI=1S/C24H25N3O4/c1-27-21(25-20-11-5-4-10-18(20)24(27)30)13-14-23(29)31-15-22(28)26-19-12-6-8-16-7-2-3-9-17(16)19/h2-5,7,9-11,19H,6,8,12-15H2,1H3,(H,26,28)/t19-/m0/s1. The lowest BCUT2D eigenvalue weighted by atomic mass is 9.88. The van der Waals surface area contributed by atoms with Crippen molar-refractivity contribution in [2.24, 2.45) is 7.05 Å². The van der Waals surface area contributed by atoms with Crippen molar-refractivity contribution in [3.05, 3.63) is 75.8 Å². The molecule has 1 heterocycles. The highest BCUT2D eigenvalue weighted by atomic mass is 16.5. The largest absolute Gasteiger partial charge is 0.456 e. The van der Waals surface area contributed by atoms with E-state index in [4.69, 9.17) is 4.74 Å². The Bertz CT molecular complexity index is 1180. The van der Waals surface area contributed by atoms with Gasteiger partial charge in [0, 0.05) is 13.5 Å². The summed E-state index contributed by atoms with van der Waals surface area (Å²) in [4.78, 5) is 41.4. The Morgan fingerprint density at radius 3 is 2.81 bits per heavy atom. The van der Waals surface area contributed by atoms with Crippen molar-refractivity contribution in [2.75, 3.05) is 6.61 Å². The molecule has 1 aliphatic rings. The van der Waals surface area contributed by atoms with Gasteiger partial charge in [0.25, 0.3) is 11.5 Å². The summed E-state index contributed by atoms with van der Waals surface area (Å²) in [6, 6.07) is 15.2. The second-order valence-electron chi connectivity index (χ2n) is 7.78. The molecule has 0 radical (unpaired) electrons. The third-order valence-electron chi connectivity index (χ3n) is 5.70. The van der Waals surface area contributed by atoms with E-state index in [0.717, 1.165) is 24.8 Å². The topological polar surface area (TPSA) is 90.3 Å². The predicted octanol–water partition coefficient (Wildman–Crippen LogP) is 2.60. The van der Waals surface area contributed by atoms with Crippen LogP contribution < -0.4 is 10.9 Å². The molecule has 7 nitrogen and oxygen atoms in total. The van der Waals surface area contributed by atoms with Crippen LogP contribution in [0.1, 0.15) is 42.3 Å². The van der Waals surface area contributed by atoms with E-state index in [2.05, 4.69) is 16.4 Å². The van der Waals surface area contributed by atoms with E-state index in [0.29, 0.717) is 16.7 Å². The minimum atomic E-state index is -0.499. The first kappa shape index (κ1) is 20.8. The van der Waals surface area contributed by atoms with Crippen LogP contribution in [0.4, 0.5) is 0 Å². The Morgan fingerprint density at radius 1 is 1.16 bits per heavy atom. The highest BCUT2D eigenvalue weighted by Gasteiger charge is 2.21. The maximum absolute atomic E-state index is 12.4. The SMILES string of the molecule is Cn1c(CCC(=O)OCC(=O)N[C@H]2CCCc3ccccc32)nc2ccccc2c1=O. The number of ether oxygens (including phenoxy) is 1. The van der Waals surface area contributed by atoms with Gasteiger partial charge in [0.1, 0.15) is 5.82 Å². The number of aryl methyl sites for hydroxylation is 2. The molecule has 0 saturated carbocycles. The Kier molecular flexibility index (Phi) is 6.11. The van der Waals surface area contributed by atoms with Gasteiger partial charge in [-0.25, -0.2) is 4.98 Å². The smallest absolute Gasteiger partial charge is 0.306 e. The molecule has 1 atom stereocenters. The van der Waals surface area contributed by atoms with Crippen molar-refractivity contribution in [3.8, 4) is 0 Å². The molecule has 0 fully saturated rings. The summed E-state index contributed by atoms with van der Waals surface area (Å²) in [5.74, 6) is -0.309. The first-order chi connectivity index (χ1) is 15.0. The number of hydrogen-bond acceptors (Lipinski definition) is 5. The van der Waals surface area contributed by atoms with E-state index < -0.39 is 5.97 Å². The molecule has 3 aromatic rings. The van der Waals surface area contributed by atoms with E-state index >= 15 is 0 Å². The van der Waals surface area contributed by atoms with Crippen molar-refractivity contribution in [3.63, 3.8) is 0 Å². The van der Waals surface area contributed by atoms with Crippen molar-refractivity contribution in [1.29, 1.82) is 0 Å². The fourth-order valence-corrected chi connectivity index (χ4v) is 4.06. The molecule has 0 aliphatic heterocycles. The van der Waals surface area contributed by atoms with Gasteiger partial charge in [0.15, 0.2) is 6.61 Å². The maximum atomic E-state index is 12.4. The summed E-state index contributed by atoms with van der Waals surface area (Å²) in [5, 5.41) is 3.51. The molecule has 2 aromatic carbocycles. The number of hydrogen-bond donors (Lipinski definition) is 1. The normalized spacial score (nSPS) is 15.3.